The van der Waals surface area contributed by atoms with Crippen molar-refractivity contribution >= 4 is 17.7 Å². The van der Waals surface area contributed by atoms with Gasteiger partial charge in [-0.3, -0.25) is 4.79 Å². The Kier molecular flexibility index (Phi) is 6.05. The summed E-state index contributed by atoms with van der Waals surface area (Å²) in [5.74, 6) is 0.131. The molecule has 0 spiro atoms. The molecule has 0 aliphatic carbocycles. The zero-order valence-electron chi connectivity index (χ0n) is 9.86. The van der Waals surface area contributed by atoms with Crippen LogP contribution in [0, 0.1) is 11.7 Å². The molecular formula is C13H17FO2S. The zero-order valence-corrected chi connectivity index (χ0v) is 10.7. The van der Waals surface area contributed by atoms with E-state index < -0.39 is 11.9 Å². The van der Waals surface area contributed by atoms with Crippen LogP contribution in [0.3, 0.4) is 0 Å². The second-order valence-corrected chi connectivity index (χ2v) is 5.21. The van der Waals surface area contributed by atoms with E-state index in [2.05, 4.69) is 0 Å². The van der Waals surface area contributed by atoms with E-state index >= 15 is 0 Å². The Bertz CT molecular complexity index is 368. The van der Waals surface area contributed by atoms with Gasteiger partial charge in [-0.05, 0) is 36.0 Å². The molecule has 0 aliphatic rings. The van der Waals surface area contributed by atoms with Crippen LogP contribution in [-0.2, 0) is 11.2 Å². The number of hydrogen-bond acceptors (Lipinski definition) is 2. The molecule has 2 nitrogen and oxygen atoms in total. The van der Waals surface area contributed by atoms with Gasteiger partial charge in [0.25, 0.3) is 0 Å². The van der Waals surface area contributed by atoms with Crippen LogP contribution in [0.25, 0.3) is 0 Å². The molecule has 0 saturated heterocycles. The molecule has 4 heteroatoms. The first-order valence-corrected chi connectivity index (χ1v) is 6.84. The van der Waals surface area contributed by atoms with Gasteiger partial charge in [0.1, 0.15) is 5.82 Å². The normalized spacial score (nSPS) is 12.4. The van der Waals surface area contributed by atoms with Crippen LogP contribution in [0.5, 0.6) is 0 Å². The van der Waals surface area contributed by atoms with Crippen molar-refractivity contribution in [2.24, 2.45) is 5.92 Å². The molecule has 94 valence electrons. The van der Waals surface area contributed by atoms with E-state index in [0.717, 1.165) is 11.5 Å². The van der Waals surface area contributed by atoms with Gasteiger partial charge in [-0.25, -0.2) is 4.39 Å². The lowest BCUT2D eigenvalue weighted by atomic mass is 9.97. The molecule has 0 amide bonds. The largest absolute Gasteiger partial charge is 0.481 e. The van der Waals surface area contributed by atoms with Crippen LogP contribution in [0.4, 0.5) is 4.39 Å². The SMILES string of the molecule is CCSCCC(Cc1ccccc1F)C(=O)O. The number of carboxylic acids is 1. The summed E-state index contributed by atoms with van der Waals surface area (Å²) in [5.41, 5.74) is 0.487. The van der Waals surface area contributed by atoms with Crippen LogP contribution in [0.2, 0.25) is 0 Å². The number of rotatable bonds is 7. The molecule has 1 rings (SSSR count). The lowest BCUT2D eigenvalue weighted by Crippen LogP contribution is -2.18. The maximum atomic E-state index is 13.4. The van der Waals surface area contributed by atoms with Gasteiger partial charge in [-0.2, -0.15) is 11.8 Å². The maximum absolute atomic E-state index is 13.4. The number of halogens is 1. The van der Waals surface area contributed by atoms with Crippen molar-refractivity contribution in [1.29, 1.82) is 0 Å². The van der Waals surface area contributed by atoms with E-state index in [1.54, 1.807) is 30.0 Å². The van der Waals surface area contributed by atoms with Crippen molar-refractivity contribution in [3.63, 3.8) is 0 Å². The fourth-order valence-corrected chi connectivity index (χ4v) is 2.35. The molecule has 17 heavy (non-hydrogen) atoms. The first kappa shape index (κ1) is 14.0. The number of aliphatic carboxylic acids is 1. The minimum Gasteiger partial charge on any atom is -0.481 e. The molecule has 0 aliphatic heterocycles. The fraction of sp³-hybridized carbons (Fsp3) is 0.462. The second-order valence-electron chi connectivity index (χ2n) is 3.82. The van der Waals surface area contributed by atoms with Crippen LogP contribution >= 0.6 is 11.8 Å². The summed E-state index contributed by atoms with van der Waals surface area (Å²) < 4.78 is 13.4. The Morgan fingerprint density at radius 2 is 2.18 bits per heavy atom. The van der Waals surface area contributed by atoms with Gasteiger partial charge >= 0.3 is 5.97 Å². The lowest BCUT2D eigenvalue weighted by molar-refractivity contribution is -0.141. The van der Waals surface area contributed by atoms with Crippen molar-refractivity contribution < 1.29 is 14.3 Å². The Balaban J connectivity index is 2.61. The first-order chi connectivity index (χ1) is 8.15. The molecule has 0 radical (unpaired) electrons. The average molecular weight is 256 g/mol. The summed E-state index contributed by atoms with van der Waals surface area (Å²) in [5, 5.41) is 9.09. The average Bonchev–Trinajstić information content (AvgIpc) is 2.30. The van der Waals surface area contributed by atoms with E-state index in [0.29, 0.717) is 12.0 Å². The van der Waals surface area contributed by atoms with Crippen molar-refractivity contribution in [3.05, 3.63) is 35.6 Å². The molecule has 1 atom stereocenters. The highest BCUT2D eigenvalue weighted by molar-refractivity contribution is 7.99. The summed E-state index contributed by atoms with van der Waals surface area (Å²) in [6.45, 7) is 2.04. The van der Waals surface area contributed by atoms with Gasteiger partial charge in [-0.1, -0.05) is 25.1 Å². The molecule has 1 N–H and O–H groups in total. The van der Waals surface area contributed by atoms with E-state index in [1.807, 2.05) is 6.92 Å². The molecule has 1 aromatic carbocycles. The summed E-state index contributed by atoms with van der Waals surface area (Å²) in [7, 11) is 0. The third-order valence-electron chi connectivity index (χ3n) is 2.59. The molecule has 0 bridgehead atoms. The summed E-state index contributed by atoms with van der Waals surface area (Å²) in [6, 6.07) is 6.37. The first-order valence-electron chi connectivity index (χ1n) is 5.69. The molecule has 0 heterocycles. The molecule has 1 unspecified atom stereocenters. The standard InChI is InChI=1S/C13H17FO2S/c1-2-17-8-7-11(13(15)16)9-10-5-3-4-6-12(10)14/h3-6,11H,2,7-9H2,1H3,(H,15,16). The predicted octanol–water partition coefficient (Wildman–Crippen LogP) is 3.21. The second kappa shape index (κ2) is 7.33. The quantitative estimate of drug-likeness (QED) is 0.761. The Morgan fingerprint density at radius 3 is 2.76 bits per heavy atom. The van der Waals surface area contributed by atoms with Crippen LogP contribution in [-0.4, -0.2) is 22.6 Å². The lowest BCUT2D eigenvalue weighted by Gasteiger charge is -2.12. The highest BCUT2D eigenvalue weighted by Crippen LogP contribution is 2.18. The zero-order chi connectivity index (χ0) is 12.7. The molecule has 1 aromatic rings. The number of carboxylic acid groups (broad SMARTS) is 1. The van der Waals surface area contributed by atoms with Gasteiger partial charge in [-0.15, -0.1) is 0 Å². The molecule has 0 fully saturated rings. The predicted molar refractivity (Wildman–Crippen MR) is 68.8 cm³/mol. The Morgan fingerprint density at radius 1 is 1.47 bits per heavy atom. The third kappa shape index (κ3) is 4.77. The molecular weight excluding hydrogens is 239 g/mol. The van der Waals surface area contributed by atoms with Crippen LogP contribution in [0.1, 0.15) is 18.9 Å². The third-order valence-corrected chi connectivity index (χ3v) is 3.52. The monoisotopic (exact) mass is 256 g/mol. The van der Waals surface area contributed by atoms with E-state index in [-0.39, 0.29) is 12.2 Å². The molecule has 0 saturated carbocycles. The topological polar surface area (TPSA) is 37.3 Å². The number of benzene rings is 1. The maximum Gasteiger partial charge on any atom is 0.306 e. The Labute approximate surface area is 105 Å². The van der Waals surface area contributed by atoms with Gasteiger partial charge in [0.15, 0.2) is 0 Å². The van der Waals surface area contributed by atoms with Crippen molar-refractivity contribution in [3.8, 4) is 0 Å². The Hall–Kier alpha value is -1.03. The van der Waals surface area contributed by atoms with Gasteiger partial charge in [0, 0.05) is 0 Å². The van der Waals surface area contributed by atoms with Gasteiger partial charge in [0.2, 0.25) is 0 Å². The summed E-state index contributed by atoms with van der Waals surface area (Å²) >= 11 is 1.71. The smallest absolute Gasteiger partial charge is 0.306 e. The highest BCUT2D eigenvalue weighted by atomic mass is 32.2. The van der Waals surface area contributed by atoms with E-state index in [4.69, 9.17) is 5.11 Å². The minimum absolute atomic E-state index is 0.270. The van der Waals surface area contributed by atoms with Crippen molar-refractivity contribution in [2.45, 2.75) is 19.8 Å². The van der Waals surface area contributed by atoms with Crippen molar-refractivity contribution in [1.82, 2.24) is 0 Å². The minimum atomic E-state index is -0.843. The summed E-state index contributed by atoms with van der Waals surface area (Å²) in [4.78, 5) is 11.1. The van der Waals surface area contributed by atoms with Crippen molar-refractivity contribution in [2.75, 3.05) is 11.5 Å². The van der Waals surface area contributed by atoms with Crippen LogP contribution < -0.4 is 0 Å². The molecule has 0 aromatic heterocycles. The van der Waals surface area contributed by atoms with E-state index in [9.17, 15) is 9.18 Å². The van der Waals surface area contributed by atoms with Crippen LogP contribution in [0.15, 0.2) is 24.3 Å². The van der Waals surface area contributed by atoms with Gasteiger partial charge < -0.3 is 5.11 Å². The number of hydrogen-bond donors (Lipinski definition) is 1. The van der Waals surface area contributed by atoms with E-state index in [1.165, 1.54) is 6.07 Å². The number of carbonyl (C=O) groups is 1. The fourth-order valence-electron chi connectivity index (χ4n) is 1.61. The number of thioether (sulfide) groups is 1. The van der Waals surface area contributed by atoms with Gasteiger partial charge in [0.05, 0.1) is 5.92 Å². The highest BCUT2D eigenvalue weighted by Gasteiger charge is 2.19. The summed E-state index contributed by atoms with van der Waals surface area (Å²) in [6.07, 6.45) is 0.856.